The molecule has 0 aromatic rings. The van der Waals surface area contributed by atoms with Crippen LogP contribution in [0.25, 0.3) is 0 Å². The van der Waals surface area contributed by atoms with Gasteiger partial charge < -0.3 is 4.90 Å². The maximum Gasteiger partial charge on any atom is 0.183 e. The number of nitrogens with zero attached hydrogens (tertiary/aromatic N) is 2. The maximum atomic E-state index is 11.2. The zero-order valence-corrected chi connectivity index (χ0v) is 9.59. The lowest BCUT2D eigenvalue weighted by atomic mass is 10.6. The molecule has 0 bridgehead atoms. The van der Waals surface area contributed by atoms with E-state index in [4.69, 9.17) is 0 Å². The Balaban J connectivity index is 5.14. The lowest BCUT2D eigenvalue weighted by molar-refractivity contribution is -0.458. The minimum atomic E-state index is -3.13. The molecular formula is C8H17N2O2S+. The highest BCUT2D eigenvalue weighted by Gasteiger charge is 2.12. The van der Waals surface area contributed by atoms with Gasteiger partial charge in [0.15, 0.2) is 16.1 Å². The van der Waals surface area contributed by atoms with Crippen LogP contribution in [0, 0.1) is 0 Å². The fourth-order valence-corrected chi connectivity index (χ4v) is 1.54. The lowest BCUT2D eigenvalue weighted by Gasteiger charge is -2.05. The first-order valence-electron chi connectivity index (χ1n) is 3.83. The molecule has 0 rings (SSSR count). The van der Waals surface area contributed by atoms with Gasteiger partial charge in [-0.15, -0.1) is 0 Å². The van der Waals surface area contributed by atoms with Crippen LogP contribution in [-0.4, -0.2) is 58.6 Å². The zero-order valence-electron chi connectivity index (χ0n) is 8.77. The Morgan fingerprint density at radius 1 is 1.31 bits per heavy atom. The van der Waals surface area contributed by atoms with E-state index in [1.165, 1.54) is 6.26 Å². The second kappa shape index (κ2) is 4.41. The molecule has 0 aliphatic heterocycles. The molecule has 0 aliphatic rings. The standard InChI is InChI=1S/C8H17N2O2S/c1-9(2)6-8(7-10(3)4)13(5,11)12/h6-7H,1-5H3/q+1. The monoisotopic (exact) mass is 205 g/mol. The summed E-state index contributed by atoms with van der Waals surface area (Å²) in [6.07, 6.45) is 4.35. The Kier molecular flexibility index (Phi) is 4.13. The largest absolute Gasteiger partial charge is 0.382 e. The molecule has 13 heavy (non-hydrogen) atoms. The first kappa shape index (κ1) is 12.2. The summed E-state index contributed by atoms with van der Waals surface area (Å²) in [5.41, 5.74) is 0. The molecule has 0 aliphatic carbocycles. The molecule has 4 nitrogen and oxygen atoms in total. The predicted molar refractivity (Wildman–Crippen MR) is 54.8 cm³/mol. The topological polar surface area (TPSA) is 40.4 Å². The van der Waals surface area contributed by atoms with E-state index in [2.05, 4.69) is 0 Å². The van der Waals surface area contributed by atoms with Crippen LogP contribution in [0.4, 0.5) is 0 Å². The summed E-state index contributed by atoms with van der Waals surface area (Å²) < 4.78 is 24.2. The maximum absolute atomic E-state index is 11.2. The Morgan fingerprint density at radius 3 is 2.00 bits per heavy atom. The molecule has 0 amide bonds. The van der Waals surface area contributed by atoms with Crippen molar-refractivity contribution in [2.24, 2.45) is 0 Å². The van der Waals surface area contributed by atoms with Gasteiger partial charge in [-0.25, -0.2) is 13.0 Å². The van der Waals surface area contributed by atoms with Gasteiger partial charge in [0, 0.05) is 26.6 Å². The molecule has 0 unspecified atom stereocenters. The second-order valence-electron chi connectivity index (χ2n) is 3.36. The van der Waals surface area contributed by atoms with Gasteiger partial charge in [-0.2, -0.15) is 0 Å². The SMILES string of the molecule is CN(C)/C=C(/C=[N+](C)C)S(C)(=O)=O. The van der Waals surface area contributed by atoms with Gasteiger partial charge in [0.2, 0.25) is 0 Å². The van der Waals surface area contributed by atoms with Crippen molar-refractivity contribution in [3.8, 4) is 0 Å². The van der Waals surface area contributed by atoms with Crippen molar-refractivity contribution in [3.63, 3.8) is 0 Å². The van der Waals surface area contributed by atoms with E-state index in [1.54, 1.807) is 50.1 Å². The van der Waals surface area contributed by atoms with Crippen molar-refractivity contribution in [2.45, 2.75) is 0 Å². The third-order valence-corrected chi connectivity index (χ3v) is 2.27. The summed E-state index contributed by atoms with van der Waals surface area (Å²) in [6.45, 7) is 0. The summed E-state index contributed by atoms with van der Waals surface area (Å²) in [6, 6.07) is 0. The number of allylic oxidation sites excluding steroid dienone is 1. The van der Waals surface area contributed by atoms with Crippen LogP contribution >= 0.6 is 0 Å². The number of hydrogen-bond donors (Lipinski definition) is 0. The predicted octanol–water partition coefficient (Wildman–Crippen LogP) is -0.223. The van der Waals surface area contributed by atoms with Crippen LogP contribution in [0.2, 0.25) is 0 Å². The Bertz CT molecular complexity index is 322. The van der Waals surface area contributed by atoms with E-state index in [0.717, 1.165) is 0 Å². The van der Waals surface area contributed by atoms with Gasteiger partial charge in [-0.3, -0.25) is 0 Å². The minimum Gasteiger partial charge on any atom is -0.382 e. The summed E-state index contributed by atoms with van der Waals surface area (Å²) in [7, 11) is 4.01. The fourth-order valence-electron chi connectivity index (χ4n) is 0.734. The van der Waals surface area contributed by atoms with Gasteiger partial charge in [0.05, 0.1) is 0 Å². The molecule has 0 heterocycles. The van der Waals surface area contributed by atoms with Crippen molar-refractivity contribution < 1.29 is 13.0 Å². The summed E-state index contributed by atoms with van der Waals surface area (Å²) in [5.74, 6) is 0. The summed E-state index contributed by atoms with van der Waals surface area (Å²) in [5, 5.41) is 0. The van der Waals surface area contributed by atoms with Crippen LogP contribution in [0.1, 0.15) is 0 Å². The van der Waals surface area contributed by atoms with E-state index >= 15 is 0 Å². The molecule has 0 aromatic carbocycles. The average Bonchev–Trinajstić information content (AvgIpc) is 1.81. The smallest absolute Gasteiger partial charge is 0.183 e. The Labute approximate surface area is 80.1 Å². The highest BCUT2D eigenvalue weighted by molar-refractivity contribution is 7.95. The first-order valence-corrected chi connectivity index (χ1v) is 5.72. The zero-order chi connectivity index (χ0) is 10.6. The van der Waals surface area contributed by atoms with Crippen molar-refractivity contribution in [1.82, 2.24) is 4.90 Å². The third kappa shape index (κ3) is 5.41. The second-order valence-corrected chi connectivity index (χ2v) is 5.38. The molecule has 0 N–H and O–H groups in total. The van der Waals surface area contributed by atoms with E-state index in [1.807, 2.05) is 0 Å². The molecule has 0 spiro atoms. The van der Waals surface area contributed by atoms with E-state index in [9.17, 15) is 8.42 Å². The normalized spacial score (nSPS) is 12.5. The summed E-state index contributed by atoms with van der Waals surface area (Å²) in [4.78, 5) is 2.01. The molecule has 76 valence electrons. The average molecular weight is 205 g/mol. The molecule has 0 fully saturated rings. The number of hydrogen-bond acceptors (Lipinski definition) is 3. The molecule has 0 saturated carbocycles. The van der Waals surface area contributed by atoms with Crippen molar-refractivity contribution in [1.29, 1.82) is 0 Å². The van der Waals surface area contributed by atoms with Crippen LogP contribution in [0.5, 0.6) is 0 Å². The molecule has 5 heteroatoms. The van der Waals surface area contributed by atoms with Crippen molar-refractivity contribution in [2.75, 3.05) is 34.4 Å². The van der Waals surface area contributed by atoms with E-state index < -0.39 is 9.84 Å². The Hall–Kier alpha value is -0.840. The lowest BCUT2D eigenvalue weighted by Crippen LogP contribution is -2.13. The third-order valence-electron chi connectivity index (χ3n) is 1.20. The van der Waals surface area contributed by atoms with Crippen molar-refractivity contribution in [3.05, 3.63) is 11.1 Å². The van der Waals surface area contributed by atoms with Gasteiger partial charge >= 0.3 is 0 Å². The van der Waals surface area contributed by atoms with Gasteiger partial charge in [0.1, 0.15) is 19.0 Å². The number of rotatable bonds is 3. The molecule has 0 saturated heterocycles. The van der Waals surface area contributed by atoms with Crippen molar-refractivity contribution >= 4 is 16.1 Å². The molecule has 0 atom stereocenters. The minimum absolute atomic E-state index is 0.308. The highest BCUT2D eigenvalue weighted by Crippen LogP contribution is 2.01. The van der Waals surface area contributed by atoms with Crippen LogP contribution in [0.15, 0.2) is 11.1 Å². The van der Waals surface area contributed by atoms with Gasteiger partial charge in [-0.1, -0.05) is 0 Å². The molecule has 0 radical (unpaired) electrons. The quantitative estimate of drug-likeness (QED) is 0.472. The van der Waals surface area contributed by atoms with Crippen LogP contribution < -0.4 is 0 Å². The molecule has 0 aromatic heterocycles. The number of sulfone groups is 1. The highest BCUT2D eigenvalue weighted by atomic mass is 32.2. The fraction of sp³-hybridized carbons (Fsp3) is 0.625. The van der Waals surface area contributed by atoms with Gasteiger partial charge in [0.25, 0.3) is 0 Å². The first-order chi connectivity index (χ1) is 5.73. The van der Waals surface area contributed by atoms with E-state index in [-0.39, 0.29) is 0 Å². The summed E-state index contributed by atoms with van der Waals surface area (Å²) >= 11 is 0. The van der Waals surface area contributed by atoms with Gasteiger partial charge in [-0.05, 0) is 0 Å². The van der Waals surface area contributed by atoms with Crippen LogP contribution in [0.3, 0.4) is 0 Å². The van der Waals surface area contributed by atoms with E-state index in [0.29, 0.717) is 4.91 Å². The Morgan fingerprint density at radius 2 is 1.77 bits per heavy atom. The molecular weight excluding hydrogens is 188 g/mol. The van der Waals surface area contributed by atoms with Crippen LogP contribution in [-0.2, 0) is 9.84 Å².